The zero-order chi connectivity index (χ0) is 13.3. The lowest BCUT2D eigenvalue weighted by atomic mass is 9.98. The molecule has 1 aliphatic rings. The number of amides is 1. The van der Waals surface area contributed by atoms with Gasteiger partial charge in [0.15, 0.2) is 0 Å². The maximum absolute atomic E-state index is 13.2. The maximum atomic E-state index is 13.2. The number of rotatable bonds is 2. The van der Waals surface area contributed by atoms with E-state index in [4.69, 9.17) is 0 Å². The largest absolute Gasteiger partial charge is 0.353 e. The first-order valence-electron chi connectivity index (χ1n) is 5.88. The molecule has 0 spiro atoms. The van der Waals surface area contributed by atoms with E-state index < -0.39 is 5.54 Å². The Bertz CT molecular complexity index is 476. The molecule has 0 saturated carbocycles. The van der Waals surface area contributed by atoms with Crippen molar-refractivity contribution in [1.82, 2.24) is 10.2 Å². The molecule has 1 aliphatic heterocycles. The second kappa shape index (κ2) is 4.97. The Hall–Kier alpha value is -0.940. The molecule has 1 heterocycles. The zero-order valence-electron chi connectivity index (χ0n) is 10.5. The summed E-state index contributed by atoms with van der Waals surface area (Å²) in [6.45, 7) is 5.90. The molecular formula is C13H16BrFN2O. The van der Waals surface area contributed by atoms with E-state index in [0.29, 0.717) is 17.6 Å². The molecule has 0 aromatic heterocycles. The number of nitrogens with zero attached hydrogens (tertiary/aromatic N) is 1. The van der Waals surface area contributed by atoms with Gasteiger partial charge in [0.05, 0.1) is 10.0 Å². The van der Waals surface area contributed by atoms with Crippen molar-refractivity contribution in [3.05, 3.63) is 34.1 Å². The smallest absolute Gasteiger partial charge is 0.240 e. The fraction of sp³-hybridized carbons (Fsp3) is 0.462. The summed E-state index contributed by atoms with van der Waals surface area (Å²) >= 11 is 3.18. The molecule has 0 radical (unpaired) electrons. The lowest BCUT2D eigenvalue weighted by Crippen LogP contribution is -2.61. The fourth-order valence-corrected chi connectivity index (χ4v) is 2.51. The molecule has 1 N–H and O–H groups in total. The SMILES string of the molecule is CC1(C)C(=O)NCCN1Cc1ccc(F)c(Br)c1. The second-order valence-electron chi connectivity index (χ2n) is 4.98. The van der Waals surface area contributed by atoms with Crippen LogP contribution in [0.25, 0.3) is 0 Å². The van der Waals surface area contributed by atoms with Gasteiger partial charge in [0.25, 0.3) is 0 Å². The van der Waals surface area contributed by atoms with Crippen molar-refractivity contribution in [2.45, 2.75) is 25.9 Å². The van der Waals surface area contributed by atoms with Gasteiger partial charge in [0.2, 0.25) is 5.91 Å². The number of piperazine rings is 1. The van der Waals surface area contributed by atoms with Crippen LogP contribution >= 0.6 is 15.9 Å². The monoisotopic (exact) mass is 314 g/mol. The van der Waals surface area contributed by atoms with Gasteiger partial charge in [-0.3, -0.25) is 9.69 Å². The Morgan fingerprint density at radius 3 is 2.89 bits per heavy atom. The molecule has 0 atom stereocenters. The van der Waals surface area contributed by atoms with E-state index in [1.807, 2.05) is 13.8 Å². The topological polar surface area (TPSA) is 32.3 Å². The molecule has 0 bridgehead atoms. The Kier molecular flexibility index (Phi) is 3.73. The average Bonchev–Trinajstić information content (AvgIpc) is 2.30. The summed E-state index contributed by atoms with van der Waals surface area (Å²) in [4.78, 5) is 13.9. The lowest BCUT2D eigenvalue weighted by molar-refractivity contribution is -0.135. The third-order valence-electron chi connectivity index (χ3n) is 3.37. The van der Waals surface area contributed by atoms with Gasteiger partial charge in [0, 0.05) is 19.6 Å². The second-order valence-corrected chi connectivity index (χ2v) is 5.84. The molecule has 0 aliphatic carbocycles. The van der Waals surface area contributed by atoms with Crippen molar-refractivity contribution < 1.29 is 9.18 Å². The van der Waals surface area contributed by atoms with Crippen LogP contribution in [-0.2, 0) is 11.3 Å². The summed E-state index contributed by atoms with van der Waals surface area (Å²) in [6, 6.07) is 4.96. The molecule has 1 fully saturated rings. The number of hydrogen-bond acceptors (Lipinski definition) is 2. The van der Waals surface area contributed by atoms with E-state index in [1.165, 1.54) is 6.07 Å². The fourth-order valence-electron chi connectivity index (χ4n) is 2.08. The molecule has 1 amide bonds. The van der Waals surface area contributed by atoms with E-state index >= 15 is 0 Å². The maximum Gasteiger partial charge on any atom is 0.240 e. The van der Waals surface area contributed by atoms with E-state index in [9.17, 15) is 9.18 Å². The van der Waals surface area contributed by atoms with Gasteiger partial charge < -0.3 is 5.32 Å². The molecule has 1 aromatic rings. The zero-order valence-corrected chi connectivity index (χ0v) is 12.1. The van der Waals surface area contributed by atoms with Crippen molar-refractivity contribution in [3.63, 3.8) is 0 Å². The number of carbonyl (C=O) groups excluding carboxylic acids is 1. The Morgan fingerprint density at radius 1 is 1.50 bits per heavy atom. The van der Waals surface area contributed by atoms with Crippen LogP contribution < -0.4 is 5.32 Å². The highest BCUT2D eigenvalue weighted by atomic mass is 79.9. The van der Waals surface area contributed by atoms with Crippen LogP contribution in [-0.4, -0.2) is 29.4 Å². The van der Waals surface area contributed by atoms with Crippen LogP contribution in [0.4, 0.5) is 4.39 Å². The number of nitrogens with one attached hydrogen (secondary N) is 1. The minimum atomic E-state index is -0.529. The molecule has 5 heteroatoms. The van der Waals surface area contributed by atoms with Crippen molar-refractivity contribution in [2.75, 3.05) is 13.1 Å². The van der Waals surface area contributed by atoms with Gasteiger partial charge in [-0.1, -0.05) is 6.07 Å². The molecule has 3 nitrogen and oxygen atoms in total. The summed E-state index contributed by atoms with van der Waals surface area (Å²) in [5, 5.41) is 2.86. The van der Waals surface area contributed by atoms with Gasteiger partial charge in [-0.2, -0.15) is 0 Å². The third-order valence-corrected chi connectivity index (χ3v) is 3.98. The highest BCUT2D eigenvalue weighted by molar-refractivity contribution is 9.10. The van der Waals surface area contributed by atoms with Crippen molar-refractivity contribution in [1.29, 1.82) is 0 Å². The predicted octanol–water partition coefficient (Wildman–Crippen LogP) is 2.30. The normalized spacial score (nSPS) is 19.7. The molecule has 98 valence electrons. The first kappa shape index (κ1) is 13.5. The van der Waals surface area contributed by atoms with Crippen molar-refractivity contribution >= 4 is 21.8 Å². The average molecular weight is 315 g/mol. The third kappa shape index (κ3) is 2.57. The Balaban J connectivity index is 2.17. The minimum absolute atomic E-state index is 0.0370. The van der Waals surface area contributed by atoms with Crippen molar-refractivity contribution in [3.8, 4) is 0 Å². The minimum Gasteiger partial charge on any atom is -0.353 e. The summed E-state index contributed by atoms with van der Waals surface area (Å²) in [5.74, 6) is -0.232. The first-order chi connectivity index (χ1) is 8.41. The molecule has 18 heavy (non-hydrogen) atoms. The molecule has 2 rings (SSSR count). The van der Waals surface area contributed by atoms with Gasteiger partial charge in [-0.05, 0) is 47.5 Å². The highest BCUT2D eigenvalue weighted by Crippen LogP contribution is 2.23. The summed E-state index contributed by atoms with van der Waals surface area (Å²) < 4.78 is 13.6. The number of hydrogen-bond donors (Lipinski definition) is 1. The molecule has 1 saturated heterocycles. The summed E-state index contributed by atoms with van der Waals surface area (Å²) in [5.41, 5.74) is 0.463. The quantitative estimate of drug-likeness (QED) is 0.908. The lowest BCUT2D eigenvalue weighted by Gasteiger charge is -2.41. The predicted molar refractivity (Wildman–Crippen MR) is 71.6 cm³/mol. The Morgan fingerprint density at radius 2 is 2.22 bits per heavy atom. The molecule has 1 aromatic carbocycles. The van der Waals surface area contributed by atoms with Gasteiger partial charge in [0.1, 0.15) is 5.82 Å². The van der Waals surface area contributed by atoms with Crippen LogP contribution in [0.5, 0.6) is 0 Å². The highest BCUT2D eigenvalue weighted by Gasteiger charge is 2.37. The molecular weight excluding hydrogens is 299 g/mol. The van der Waals surface area contributed by atoms with Crippen LogP contribution in [0.2, 0.25) is 0 Å². The van der Waals surface area contributed by atoms with Gasteiger partial charge in [-0.15, -0.1) is 0 Å². The Labute approximate surface area is 114 Å². The standard InChI is InChI=1S/C13H16BrFN2O/c1-13(2)12(18)16-5-6-17(13)8-9-3-4-11(15)10(14)7-9/h3-4,7H,5-6,8H2,1-2H3,(H,16,18). The van der Waals surface area contributed by atoms with E-state index in [1.54, 1.807) is 12.1 Å². The summed E-state index contributed by atoms with van der Waals surface area (Å²) in [7, 11) is 0. The number of carbonyl (C=O) groups is 1. The van der Waals surface area contributed by atoms with Crippen LogP contribution in [0.1, 0.15) is 19.4 Å². The van der Waals surface area contributed by atoms with Crippen LogP contribution in [0.15, 0.2) is 22.7 Å². The number of benzene rings is 1. The van der Waals surface area contributed by atoms with Crippen molar-refractivity contribution in [2.24, 2.45) is 0 Å². The van der Waals surface area contributed by atoms with E-state index in [2.05, 4.69) is 26.1 Å². The van der Waals surface area contributed by atoms with Crippen LogP contribution in [0, 0.1) is 5.82 Å². The van der Waals surface area contributed by atoms with Gasteiger partial charge >= 0.3 is 0 Å². The van der Waals surface area contributed by atoms with Gasteiger partial charge in [-0.25, -0.2) is 4.39 Å². The molecule has 0 unspecified atom stereocenters. The van der Waals surface area contributed by atoms with Crippen LogP contribution in [0.3, 0.4) is 0 Å². The van der Waals surface area contributed by atoms with E-state index in [0.717, 1.165) is 12.1 Å². The number of halogens is 2. The van der Waals surface area contributed by atoms with E-state index in [-0.39, 0.29) is 11.7 Å². The summed E-state index contributed by atoms with van der Waals surface area (Å²) in [6.07, 6.45) is 0. The first-order valence-corrected chi connectivity index (χ1v) is 6.68.